The molecule has 0 rings (SSSR count). The van der Waals surface area contributed by atoms with Crippen LogP contribution >= 0.6 is 66.7 Å². The van der Waals surface area contributed by atoms with E-state index in [1.807, 2.05) is 14.1 Å². The zero-order valence-electron chi connectivity index (χ0n) is 11.2. The van der Waals surface area contributed by atoms with Crippen LogP contribution in [0.15, 0.2) is 0 Å². The van der Waals surface area contributed by atoms with Crippen molar-refractivity contribution >= 4 is 66.7 Å². The van der Waals surface area contributed by atoms with Gasteiger partial charge in [0.1, 0.15) is 0 Å². The number of rotatable bonds is 8. The molecule has 0 radical (unpaired) electrons. The van der Waals surface area contributed by atoms with Crippen molar-refractivity contribution in [1.29, 1.82) is 0 Å². The van der Waals surface area contributed by atoms with Gasteiger partial charge in [-0.2, -0.15) is 0 Å². The third-order valence-corrected chi connectivity index (χ3v) is 2.54. The summed E-state index contributed by atoms with van der Waals surface area (Å²) in [7, 11) is 13.5. The number of halogens is 6. The summed E-state index contributed by atoms with van der Waals surface area (Å²) in [6.45, 7) is 3.70. The van der Waals surface area contributed by atoms with Gasteiger partial charge in [0, 0.05) is 49.7 Å². The first-order valence-electron chi connectivity index (χ1n) is 5.48. The van der Waals surface area contributed by atoms with Gasteiger partial charge in [0.2, 0.25) is 0 Å². The molecule has 123 valence electrons. The van der Waals surface area contributed by atoms with Crippen LogP contribution in [0.2, 0.25) is 0 Å². The second-order valence-electron chi connectivity index (χ2n) is 3.41. The molecule has 0 amide bonds. The van der Waals surface area contributed by atoms with Crippen LogP contribution in [0.1, 0.15) is 0 Å². The summed E-state index contributed by atoms with van der Waals surface area (Å²) in [6.07, 6.45) is 0. The molecule has 9 heteroatoms. The van der Waals surface area contributed by atoms with Crippen molar-refractivity contribution < 1.29 is 12.9 Å². The summed E-state index contributed by atoms with van der Waals surface area (Å²) in [4.78, 5) is 4.19. The Hall–Kier alpha value is 2.17. The number of alkyl halides is 4. The van der Waals surface area contributed by atoms with E-state index < -0.39 is 0 Å². The molecule has 0 unspecified atom stereocenters. The Kier molecular flexibility index (Phi) is 34.5. The van der Waals surface area contributed by atoms with E-state index in [9.17, 15) is 0 Å². The third-order valence-electron chi connectivity index (χ3n) is 1.86. The minimum absolute atomic E-state index is 0.382. The fourth-order valence-corrected chi connectivity index (χ4v) is 1.95. The molecular weight excluding hydrogens is 420 g/mol. The Morgan fingerprint density at radius 1 is 0.632 bits per heavy atom. The Morgan fingerprint density at radius 2 is 0.789 bits per heavy atom. The van der Waals surface area contributed by atoms with Crippen molar-refractivity contribution in [3.8, 4) is 0 Å². The topological polar surface area (TPSA) is 6.48 Å². The SMILES string of the molecule is CN(CCCl)CCCl.CN(CCCl)CCCl.[Cl][Co][Cl]. The first-order chi connectivity index (χ1) is 9.03. The van der Waals surface area contributed by atoms with Gasteiger partial charge >= 0.3 is 33.2 Å². The van der Waals surface area contributed by atoms with Gasteiger partial charge in [0.05, 0.1) is 0 Å². The van der Waals surface area contributed by atoms with E-state index in [2.05, 4.69) is 9.80 Å². The second kappa shape index (κ2) is 25.1. The van der Waals surface area contributed by atoms with Crippen LogP contribution in [0.25, 0.3) is 0 Å². The van der Waals surface area contributed by atoms with Gasteiger partial charge in [-0.15, -0.1) is 46.4 Å². The van der Waals surface area contributed by atoms with E-state index in [4.69, 9.17) is 66.7 Å². The van der Waals surface area contributed by atoms with E-state index in [1.165, 1.54) is 0 Å². The van der Waals surface area contributed by atoms with Crippen LogP contribution in [0, 0.1) is 0 Å². The number of hydrogen-bond donors (Lipinski definition) is 0. The average molecular weight is 442 g/mol. The number of nitrogens with zero attached hydrogens (tertiary/aromatic N) is 2. The van der Waals surface area contributed by atoms with Crippen LogP contribution < -0.4 is 0 Å². The van der Waals surface area contributed by atoms with E-state index >= 15 is 0 Å². The standard InChI is InChI=1S/2C5H11Cl2N.2ClH.Co/c2*1-8(4-2-6)5-3-7;;;/h2*2-5H2,1H3;2*1H;/q;;;;+2/p-2. The van der Waals surface area contributed by atoms with Gasteiger partial charge in [0.25, 0.3) is 0 Å². The predicted octanol–water partition coefficient (Wildman–Crippen LogP) is 4.17. The maximum atomic E-state index is 5.45. The molecule has 0 aliphatic rings. The van der Waals surface area contributed by atoms with Crippen molar-refractivity contribution in [2.45, 2.75) is 0 Å². The summed E-state index contributed by atoms with van der Waals surface area (Å²) >= 11 is 22.2. The van der Waals surface area contributed by atoms with E-state index in [1.54, 1.807) is 0 Å². The van der Waals surface area contributed by atoms with Gasteiger partial charge in [-0.05, 0) is 14.1 Å². The molecule has 2 nitrogen and oxygen atoms in total. The Balaban J connectivity index is -0.000000224. The fraction of sp³-hybridized carbons (Fsp3) is 1.00. The molecule has 0 N–H and O–H groups in total. The van der Waals surface area contributed by atoms with Gasteiger partial charge < -0.3 is 9.80 Å². The fourth-order valence-electron chi connectivity index (χ4n) is 0.801. The van der Waals surface area contributed by atoms with E-state index in [-0.39, 0.29) is 0 Å². The summed E-state index contributed by atoms with van der Waals surface area (Å²) in [5.41, 5.74) is 0. The van der Waals surface area contributed by atoms with Crippen molar-refractivity contribution in [3.63, 3.8) is 0 Å². The maximum absolute atomic E-state index is 5.45. The van der Waals surface area contributed by atoms with Crippen molar-refractivity contribution in [3.05, 3.63) is 0 Å². The van der Waals surface area contributed by atoms with Crippen molar-refractivity contribution in [1.82, 2.24) is 9.80 Å². The van der Waals surface area contributed by atoms with E-state index in [0.717, 1.165) is 26.2 Å². The zero-order chi connectivity index (χ0) is 15.5. The minimum atomic E-state index is 0.382. The van der Waals surface area contributed by atoms with Crippen molar-refractivity contribution in [2.75, 3.05) is 63.8 Å². The second-order valence-corrected chi connectivity index (χ2v) is 6.64. The van der Waals surface area contributed by atoms with Crippen LogP contribution in [-0.4, -0.2) is 73.6 Å². The molecule has 0 fully saturated rings. The Labute approximate surface area is 152 Å². The molecule has 0 spiro atoms. The monoisotopic (exact) mass is 439 g/mol. The third kappa shape index (κ3) is 33.2. The molecule has 0 heterocycles. The van der Waals surface area contributed by atoms with Gasteiger partial charge in [-0.25, -0.2) is 0 Å². The molecule has 0 atom stereocenters. The summed E-state index contributed by atoms with van der Waals surface area (Å²) in [5.74, 6) is 2.75. The summed E-state index contributed by atoms with van der Waals surface area (Å²) < 4.78 is 0. The summed E-state index contributed by atoms with van der Waals surface area (Å²) in [5, 5.41) is 0. The van der Waals surface area contributed by atoms with E-state index in [0.29, 0.717) is 36.4 Å². The molecule has 0 aromatic heterocycles. The first-order valence-corrected chi connectivity index (χ1v) is 10.5. The predicted molar refractivity (Wildman–Crippen MR) is 89.6 cm³/mol. The van der Waals surface area contributed by atoms with Crippen LogP contribution in [0.5, 0.6) is 0 Å². The normalized spacial score (nSPS) is 10.0. The Bertz CT molecular complexity index is 121. The van der Waals surface area contributed by atoms with Gasteiger partial charge in [0.15, 0.2) is 0 Å². The molecular formula is C10H22Cl6CoN2. The molecule has 0 aliphatic carbocycles. The quantitative estimate of drug-likeness (QED) is 0.522. The first kappa shape index (κ1) is 26.1. The molecule has 0 aliphatic heterocycles. The molecule has 19 heavy (non-hydrogen) atoms. The van der Waals surface area contributed by atoms with Crippen LogP contribution in [0.3, 0.4) is 0 Å². The van der Waals surface area contributed by atoms with Gasteiger partial charge in [-0.1, -0.05) is 0 Å². The zero-order valence-corrected chi connectivity index (χ0v) is 16.7. The number of hydrogen-bond acceptors (Lipinski definition) is 2. The molecule has 0 saturated carbocycles. The van der Waals surface area contributed by atoms with Crippen LogP contribution in [0.4, 0.5) is 0 Å². The molecule has 0 bridgehead atoms. The summed E-state index contributed by atoms with van der Waals surface area (Å²) in [6, 6.07) is 0. The average Bonchev–Trinajstić information content (AvgIpc) is 2.32. The Morgan fingerprint density at radius 3 is 0.895 bits per heavy atom. The van der Waals surface area contributed by atoms with Crippen LogP contribution in [-0.2, 0) is 12.9 Å². The molecule has 0 aromatic rings. The molecule has 0 aromatic carbocycles. The van der Waals surface area contributed by atoms with Gasteiger partial charge in [-0.3, -0.25) is 0 Å². The van der Waals surface area contributed by atoms with Crippen molar-refractivity contribution in [2.24, 2.45) is 0 Å². The molecule has 0 saturated heterocycles.